The van der Waals surface area contributed by atoms with E-state index in [-0.39, 0.29) is 5.82 Å². The van der Waals surface area contributed by atoms with Gasteiger partial charge in [-0.25, -0.2) is 4.39 Å². The Hall–Kier alpha value is -1.64. The van der Waals surface area contributed by atoms with Crippen molar-refractivity contribution in [2.45, 2.75) is 32.6 Å². The quantitative estimate of drug-likeness (QED) is 0.871. The van der Waals surface area contributed by atoms with Crippen molar-refractivity contribution in [3.63, 3.8) is 0 Å². The van der Waals surface area contributed by atoms with Gasteiger partial charge in [0.2, 0.25) is 0 Å². The number of aryl methyl sites for hydroxylation is 1. The Bertz CT molecular complexity index is 593. The van der Waals surface area contributed by atoms with Crippen LogP contribution in [0.4, 0.5) is 10.1 Å². The van der Waals surface area contributed by atoms with Gasteiger partial charge in [-0.1, -0.05) is 0 Å². The van der Waals surface area contributed by atoms with E-state index in [0.29, 0.717) is 0 Å². The topological polar surface area (TPSA) is 24.9 Å². The lowest BCUT2D eigenvalue weighted by Gasteiger charge is -2.21. The third-order valence-corrected chi connectivity index (χ3v) is 3.58. The van der Waals surface area contributed by atoms with Crippen LogP contribution >= 0.6 is 0 Å². The van der Waals surface area contributed by atoms with Gasteiger partial charge >= 0.3 is 0 Å². The fourth-order valence-electron chi connectivity index (χ4n) is 2.78. The number of hydrogen-bond acceptors (Lipinski definition) is 2. The molecular formula is C15H17FN2. The summed E-state index contributed by atoms with van der Waals surface area (Å²) in [5.74, 6) is -0.215. The number of pyridine rings is 1. The van der Waals surface area contributed by atoms with Crippen LogP contribution in [0.5, 0.6) is 0 Å². The molecule has 0 saturated carbocycles. The monoisotopic (exact) mass is 244 g/mol. The van der Waals surface area contributed by atoms with Crippen LogP contribution in [0.1, 0.15) is 31.0 Å². The SMILES string of the molecule is CCNc1c2c(nc3cc(F)ccc13)CCCC2. The van der Waals surface area contributed by atoms with E-state index in [4.69, 9.17) is 0 Å². The summed E-state index contributed by atoms with van der Waals surface area (Å²) >= 11 is 0. The van der Waals surface area contributed by atoms with Crippen LogP contribution in [-0.2, 0) is 12.8 Å². The summed E-state index contributed by atoms with van der Waals surface area (Å²) in [4.78, 5) is 4.64. The highest BCUT2D eigenvalue weighted by Gasteiger charge is 2.17. The zero-order chi connectivity index (χ0) is 12.5. The second-order valence-electron chi connectivity index (χ2n) is 4.81. The zero-order valence-electron chi connectivity index (χ0n) is 10.6. The molecule has 18 heavy (non-hydrogen) atoms. The van der Waals surface area contributed by atoms with E-state index in [2.05, 4.69) is 17.2 Å². The lowest BCUT2D eigenvalue weighted by Crippen LogP contribution is -2.11. The van der Waals surface area contributed by atoms with E-state index in [0.717, 1.165) is 41.7 Å². The Labute approximate surface area is 106 Å². The first-order chi connectivity index (χ1) is 8.79. The van der Waals surface area contributed by atoms with Crippen molar-refractivity contribution in [2.75, 3.05) is 11.9 Å². The highest BCUT2D eigenvalue weighted by Crippen LogP contribution is 2.33. The van der Waals surface area contributed by atoms with Gasteiger partial charge in [0.05, 0.1) is 5.52 Å². The lowest BCUT2D eigenvalue weighted by atomic mass is 9.92. The molecule has 2 nitrogen and oxygen atoms in total. The minimum atomic E-state index is -0.215. The fourth-order valence-corrected chi connectivity index (χ4v) is 2.78. The van der Waals surface area contributed by atoms with Crippen molar-refractivity contribution >= 4 is 16.6 Å². The van der Waals surface area contributed by atoms with Gasteiger partial charge in [0.1, 0.15) is 5.82 Å². The van der Waals surface area contributed by atoms with E-state index in [1.807, 2.05) is 6.07 Å². The van der Waals surface area contributed by atoms with Gasteiger partial charge in [0.25, 0.3) is 0 Å². The molecule has 0 atom stereocenters. The predicted octanol–water partition coefficient (Wildman–Crippen LogP) is 3.68. The molecule has 0 spiro atoms. The van der Waals surface area contributed by atoms with E-state index in [1.54, 1.807) is 0 Å². The van der Waals surface area contributed by atoms with Crippen molar-refractivity contribution < 1.29 is 4.39 Å². The van der Waals surface area contributed by atoms with Gasteiger partial charge in [-0.2, -0.15) is 0 Å². The summed E-state index contributed by atoms with van der Waals surface area (Å²) in [7, 11) is 0. The molecular weight excluding hydrogens is 227 g/mol. The molecule has 1 heterocycles. The van der Waals surface area contributed by atoms with Crippen LogP contribution in [0.3, 0.4) is 0 Å². The number of halogens is 1. The van der Waals surface area contributed by atoms with Crippen molar-refractivity contribution in [3.8, 4) is 0 Å². The molecule has 3 rings (SSSR count). The Kier molecular flexibility index (Phi) is 2.90. The summed E-state index contributed by atoms with van der Waals surface area (Å²) in [5.41, 5.74) is 4.42. The molecule has 2 aromatic rings. The fraction of sp³-hybridized carbons (Fsp3) is 0.400. The Morgan fingerprint density at radius 1 is 1.28 bits per heavy atom. The smallest absolute Gasteiger partial charge is 0.125 e. The summed E-state index contributed by atoms with van der Waals surface area (Å²) in [6.07, 6.45) is 4.50. The van der Waals surface area contributed by atoms with Crippen LogP contribution in [-0.4, -0.2) is 11.5 Å². The van der Waals surface area contributed by atoms with Crippen LogP contribution in [0, 0.1) is 5.82 Å². The molecule has 1 aromatic carbocycles. The molecule has 0 amide bonds. The molecule has 1 N–H and O–H groups in total. The van der Waals surface area contributed by atoms with Gasteiger partial charge < -0.3 is 5.32 Å². The molecule has 1 aliphatic carbocycles. The van der Waals surface area contributed by atoms with Crippen LogP contribution in [0.15, 0.2) is 18.2 Å². The minimum Gasteiger partial charge on any atom is -0.384 e. The maximum Gasteiger partial charge on any atom is 0.125 e. The lowest BCUT2D eigenvalue weighted by molar-refractivity contribution is 0.629. The summed E-state index contributed by atoms with van der Waals surface area (Å²) in [6, 6.07) is 4.88. The van der Waals surface area contributed by atoms with Gasteiger partial charge in [-0.05, 0) is 50.3 Å². The molecule has 94 valence electrons. The number of fused-ring (bicyclic) bond motifs is 2. The van der Waals surface area contributed by atoms with Crippen molar-refractivity contribution in [3.05, 3.63) is 35.3 Å². The maximum absolute atomic E-state index is 13.3. The maximum atomic E-state index is 13.3. The molecule has 0 aliphatic heterocycles. The van der Waals surface area contributed by atoms with Crippen molar-refractivity contribution in [1.29, 1.82) is 0 Å². The van der Waals surface area contributed by atoms with Gasteiger partial charge in [-0.15, -0.1) is 0 Å². The summed E-state index contributed by atoms with van der Waals surface area (Å²) < 4.78 is 13.3. The standard InChI is InChI=1S/C15H17FN2/c1-2-17-15-11-5-3-4-6-13(11)18-14-9-10(16)7-8-12(14)15/h7-9H,2-6H2,1H3,(H,17,18). The first kappa shape index (κ1) is 11.5. The first-order valence-corrected chi connectivity index (χ1v) is 6.64. The third-order valence-electron chi connectivity index (χ3n) is 3.58. The number of aromatic nitrogens is 1. The van der Waals surface area contributed by atoms with Crippen molar-refractivity contribution in [1.82, 2.24) is 4.98 Å². The second-order valence-corrected chi connectivity index (χ2v) is 4.81. The van der Waals surface area contributed by atoms with E-state index >= 15 is 0 Å². The molecule has 3 heteroatoms. The largest absolute Gasteiger partial charge is 0.384 e. The number of benzene rings is 1. The number of rotatable bonds is 2. The van der Waals surface area contributed by atoms with Crippen LogP contribution < -0.4 is 5.32 Å². The van der Waals surface area contributed by atoms with Crippen LogP contribution in [0.25, 0.3) is 10.9 Å². The highest BCUT2D eigenvalue weighted by molar-refractivity contribution is 5.93. The van der Waals surface area contributed by atoms with E-state index in [1.165, 1.54) is 30.5 Å². The number of anilines is 1. The van der Waals surface area contributed by atoms with Crippen LogP contribution in [0.2, 0.25) is 0 Å². The molecule has 0 fully saturated rings. The Morgan fingerprint density at radius 2 is 2.11 bits per heavy atom. The van der Waals surface area contributed by atoms with Gasteiger partial charge in [0, 0.05) is 29.4 Å². The number of nitrogens with one attached hydrogen (secondary N) is 1. The molecule has 1 aromatic heterocycles. The van der Waals surface area contributed by atoms with E-state index < -0.39 is 0 Å². The average molecular weight is 244 g/mol. The first-order valence-electron chi connectivity index (χ1n) is 6.64. The average Bonchev–Trinajstić information content (AvgIpc) is 2.38. The van der Waals surface area contributed by atoms with Gasteiger partial charge in [0.15, 0.2) is 0 Å². The van der Waals surface area contributed by atoms with Gasteiger partial charge in [-0.3, -0.25) is 4.98 Å². The number of nitrogens with zero attached hydrogens (tertiary/aromatic N) is 1. The molecule has 1 aliphatic rings. The summed E-state index contributed by atoms with van der Waals surface area (Å²) in [6.45, 7) is 2.97. The minimum absolute atomic E-state index is 0.215. The highest BCUT2D eigenvalue weighted by atomic mass is 19.1. The molecule has 0 unspecified atom stereocenters. The molecule has 0 bridgehead atoms. The predicted molar refractivity (Wildman–Crippen MR) is 72.5 cm³/mol. The number of hydrogen-bond donors (Lipinski definition) is 1. The third kappa shape index (κ3) is 1.84. The molecule has 0 saturated heterocycles. The molecule has 0 radical (unpaired) electrons. The second kappa shape index (κ2) is 4.56. The Morgan fingerprint density at radius 3 is 2.94 bits per heavy atom. The summed E-state index contributed by atoms with van der Waals surface area (Å²) in [5, 5.41) is 4.48. The zero-order valence-corrected chi connectivity index (χ0v) is 10.6. The normalized spacial score (nSPS) is 14.6. The van der Waals surface area contributed by atoms with Crippen molar-refractivity contribution in [2.24, 2.45) is 0 Å². The Balaban J connectivity index is 2.29. The van der Waals surface area contributed by atoms with E-state index in [9.17, 15) is 4.39 Å².